The first-order valence-corrected chi connectivity index (χ1v) is 5.97. The zero-order valence-corrected chi connectivity index (χ0v) is 9.82. The van der Waals surface area contributed by atoms with Crippen molar-refractivity contribution in [1.29, 1.82) is 0 Å². The van der Waals surface area contributed by atoms with Crippen molar-refractivity contribution < 1.29 is 5.11 Å². The minimum absolute atomic E-state index is 0.154. The first-order valence-electron chi connectivity index (χ1n) is 5.97. The van der Waals surface area contributed by atoms with Gasteiger partial charge in [0.05, 0.1) is 6.10 Å². The predicted molar refractivity (Wildman–Crippen MR) is 65.0 cm³/mol. The average Bonchev–Trinajstić information content (AvgIpc) is 2.25. The molecule has 1 heteroatoms. The molecule has 0 amide bonds. The van der Waals surface area contributed by atoms with Crippen LogP contribution in [0.25, 0.3) is 0 Å². The van der Waals surface area contributed by atoms with Gasteiger partial charge in [-0.15, -0.1) is 0 Å². The fourth-order valence-electron chi connectivity index (χ4n) is 1.99. The van der Waals surface area contributed by atoms with Crippen LogP contribution < -0.4 is 0 Å². The Bertz CT molecular complexity index is 253. The summed E-state index contributed by atoms with van der Waals surface area (Å²) < 4.78 is 0. The summed E-state index contributed by atoms with van der Waals surface area (Å²) in [4.78, 5) is 0. The number of hydrogen-bond acceptors (Lipinski definition) is 1. The molecule has 1 rings (SSSR count). The van der Waals surface area contributed by atoms with Gasteiger partial charge in [0.1, 0.15) is 0 Å². The summed E-state index contributed by atoms with van der Waals surface area (Å²) in [5.41, 5.74) is 1.44. The molecule has 15 heavy (non-hydrogen) atoms. The van der Waals surface area contributed by atoms with Gasteiger partial charge in [0.25, 0.3) is 0 Å². The summed E-state index contributed by atoms with van der Waals surface area (Å²) in [6, 6.07) is 10.7. The molecule has 0 radical (unpaired) electrons. The Balaban J connectivity index is 2.43. The van der Waals surface area contributed by atoms with Gasteiger partial charge in [-0.05, 0) is 37.7 Å². The molecule has 0 aromatic heterocycles. The predicted octanol–water partition coefficient (Wildman–Crippen LogP) is 3.73. The SMILES string of the molecule is CCC(CCCC(C)O)c1ccccc1. The van der Waals surface area contributed by atoms with Crippen molar-refractivity contribution in [2.45, 2.75) is 51.6 Å². The fourth-order valence-corrected chi connectivity index (χ4v) is 1.99. The zero-order valence-electron chi connectivity index (χ0n) is 9.82. The van der Waals surface area contributed by atoms with E-state index in [0.717, 1.165) is 12.8 Å². The third kappa shape index (κ3) is 4.48. The van der Waals surface area contributed by atoms with Gasteiger partial charge in [-0.25, -0.2) is 0 Å². The van der Waals surface area contributed by atoms with Gasteiger partial charge >= 0.3 is 0 Å². The lowest BCUT2D eigenvalue weighted by Crippen LogP contribution is -2.02. The van der Waals surface area contributed by atoms with Crippen molar-refractivity contribution in [2.24, 2.45) is 0 Å². The van der Waals surface area contributed by atoms with Crippen molar-refractivity contribution in [2.75, 3.05) is 0 Å². The van der Waals surface area contributed by atoms with Gasteiger partial charge < -0.3 is 5.11 Å². The molecule has 0 aliphatic rings. The van der Waals surface area contributed by atoms with Crippen LogP contribution in [0.5, 0.6) is 0 Å². The molecule has 0 heterocycles. The lowest BCUT2D eigenvalue weighted by molar-refractivity contribution is 0.179. The van der Waals surface area contributed by atoms with Gasteiger partial charge in [0, 0.05) is 0 Å². The van der Waals surface area contributed by atoms with Crippen molar-refractivity contribution in [3.05, 3.63) is 35.9 Å². The molecule has 84 valence electrons. The molecule has 0 aliphatic carbocycles. The highest BCUT2D eigenvalue weighted by Gasteiger charge is 2.08. The van der Waals surface area contributed by atoms with E-state index in [0.29, 0.717) is 5.92 Å². The highest BCUT2D eigenvalue weighted by molar-refractivity contribution is 5.19. The summed E-state index contributed by atoms with van der Waals surface area (Å²) in [6.45, 7) is 4.10. The maximum atomic E-state index is 9.21. The molecule has 0 spiro atoms. The van der Waals surface area contributed by atoms with E-state index in [2.05, 4.69) is 37.3 Å². The Morgan fingerprint density at radius 3 is 2.33 bits per heavy atom. The van der Waals surface area contributed by atoms with Crippen LogP contribution in [0.1, 0.15) is 51.0 Å². The fraction of sp³-hybridized carbons (Fsp3) is 0.571. The quantitative estimate of drug-likeness (QED) is 0.752. The average molecular weight is 206 g/mol. The third-order valence-corrected chi connectivity index (χ3v) is 2.94. The maximum absolute atomic E-state index is 9.21. The van der Waals surface area contributed by atoms with E-state index in [1.807, 2.05) is 6.92 Å². The summed E-state index contributed by atoms with van der Waals surface area (Å²) >= 11 is 0. The van der Waals surface area contributed by atoms with Crippen molar-refractivity contribution >= 4 is 0 Å². The van der Waals surface area contributed by atoms with E-state index < -0.39 is 0 Å². The van der Waals surface area contributed by atoms with Crippen LogP contribution in [0.3, 0.4) is 0 Å². The Morgan fingerprint density at radius 2 is 1.80 bits per heavy atom. The van der Waals surface area contributed by atoms with E-state index in [9.17, 15) is 5.11 Å². The molecule has 0 saturated heterocycles. The van der Waals surface area contributed by atoms with Crippen LogP contribution in [0.4, 0.5) is 0 Å². The van der Waals surface area contributed by atoms with E-state index in [-0.39, 0.29) is 6.10 Å². The third-order valence-electron chi connectivity index (χ3n) is 2.94. The molecule has 0 aliphatic heterocycles. The Hall–Kier alpha value is -0.820. The van der Waals surface area contributed by atoms with Gasteiger partial charge in [0.2, 0.25) is 0 Å². The van der Waals surface area contributed by atoms with Crippen molar-refractivity contribution in [3.8, 4) is 0 Å². The number of hydrogen-bond donors (Lipinski definition) is 1. The van der Waals surface area contributed by atoms with Crippen LogP contribution in [0.2, 0.25) is 0 Å². The maximum Gasteiger partial charge on any atom is 0.0512 e. The monoisotopic (exact) mass is 206 g/mol. The standard InChI is InChI=1S/C14H22O/c1-3-13(11-7-8-12(2)15)14-9-5-4-6-10-14/h4-6,9-10,12-13,15H,3,7-8,11H2,1-2H3. The Morgan fingerprint density at radius 1 is 1.13 bits per heavy atom. The van der Waals surface area contributed by atoms with E-state index in [1.54, 1.807) is 0 Å². The van der Waals surface area contributed by atoms with Crippen LogP contribution in [-0.2, 0) is 0 Å². The van der Waals surface area contributed by atoms with Crippen LogP contribution in [0.15, 0.2) is 30.3 Å². The summed E-state index contributed by atoms with van der Waals surface area (Å²) in [6.07, 6.45) is 4.25. The molecule has 0 saturated carbocycles. The lowest BCUT2D eigenvalue weighted by atomic mass is 9.91. The van der Waals surface area contributed by atoms with Crippen LogP contribution >= 0.6 is 0 Å². The molecule has 0 bridgehead atoms. The largest absolute Gasteiger partial charge is 0.393 e. The number of rotatable bonds is 6. The molecule has 1 N–H and O–H groups in total. The second-order valence-electron chi connectivity index (χ2n) is 4.30. The number of aliphatic hydroxyl groups is 1. The molecule has 1 nitrogen and oxygen atoms in total. The van der Waals surface area contributed by atoms with Gasteiger partial charge in [0.15, 0.2) is 0 Å². The minimum atomic E-state index is -0.154. The van der Waals surface area contributed by atoms with Crippen LogP contribution in [-0.4, -0.2) is 11.2 Å². The molecule has 1 aromatic rings. The lowest BCUT2D eigenvalue weighted by Gasteiger charge is -2.15. The number of benzene rings is 1. The van der Waals surface area contributed by atoms with E-state index in [1.165, 1.54) is 18.4 Å². The van der Waals surface area contributed by atoms with Crippen molar-refractivity contribution in [3.63, 3.8) is 0 Å². The second kappa shape index (κ2) is 6.62. The molecule has 2 atom stereocenters. The van der Waals surface area contributed by atoms with Gasteiger partial charge in [-0.2, -0.15) is 0 Å². The molecule has 1 aromatic carbocycles. The molecule has 0 fully saturated rings. The molecular formula is C14H22O. The summed E-state index contributed by atoms with van der Waals surface area (Å²) in [5, 5.41) is 9.21. The summed E-state index contributed by atoms with van der Waals surface area (Å²) in [5.74, 6) is 0.657. The summed E-state index contributed by atoms with van der Waals surface area (Å²) in [7, 11) is 0. The van der Waals surface area contributed by atoms with Gasteiger partial charge in [-0.3, -0.25) is 0 Å². The van der Waals surface area contributed by atoms with Crippen LogP contribution in [0, 0.1) is 0 Å². The normalized spacial score (nSPS) is 14.9. The highest BCUT2D eigenvalue weighted by atomic mass is 16.3. The van der Waals surface area contributed by atoms with Gasteiger partial charge in [-0.1, -0.05) is 43.7 Å². The Kier molecular flexibility index (Phi) is 5.41. The van der Waals surface area contributed by atoms with E-state index in [4.69, 9.17) is 0 Å². The highest BCUT2D eigenvalue weighted by Crippen LogP contribution is 2.25. The zero-order chi connectivity index (χ0) is 11.1. The van der Waals surface area contributed by atoms with E-state index >= 15 is 0 Å². The smallest absolute Gasteiger partial charge is 0.0512 e. The number of aliphatic hydroxyl groups excluding tert-OH is 1. The molecular weight excluding hydrogens is 184 g/mol. The topological polar surface area (TPSA) is 20.2 Å². The Labute approximate surface area is 93.1 Å². The van der Waals surface area contributed by atoms with Crippen molar-refractivity contribution in [1.82, 2.24) is 0 Å². The minimum Gasteiger partial charge on any atom is -0.393 e. The molecule has 2 unspecified atom stereocenters. The first-order chi connectivity index (χ1) is 7.24. The first kappa shape index (κ1) is 12.3. The second-order valence-corrected chi connectivity index (χ2v) is 4.30.